The van der Waals surface area contributed by atoms with Crippen molar-refractivity contribution in [2.24, 2.45) is 13.0 Å². The van der Waals surface area contributed by atoms with Gasteiger partial charge in [0.25, 0.3) is 5.91 Å². The summed E-state index contributed by atoms with van der Waals surface area (Å²) in [6.45, 7) is 3.30. The molecule has 8 nitrogen and oxygen atoms in total. The minimum atomic E-state index is 0.00647. The van der Waals surface area contributed by atoms with E-state index in [2.05, 4.69) is 24.9 Å². The Morgan fingerprint density at radius 2 is 2.11 bits per heavy atom. The first-order chi connectivity index (χ1) is 13.1. The topological polar surface area (TPSA) is 89.7 Å². The highest BCUT2D eigenvalue weighted by molar-refractivity contribution is 5.95. The summed E-state index contributed by atoms with van der Waals surface area (Å²) in [5.74, 6) is 1.21. The zero-order valence-electron chi connectivity index (χ0n) is 15.4. The number of aryl methyl sites for hydroxylation is 2. The highest BCUT2D eigenvalue weighted by Crippen LogP contribution is 2.23. The fraction of sp³-hybridized carbons (Fsp3) is 0.368. The molecule has 138 valence electrons. The molecule has 0 spiro atoms. The van der Waals surface area contributed by atoms with Crippen molar-refractivity contribution < 1.29 is 4.79 Å². The van der Waals surface area contributed by atoms with E-state index in [-0.39, 0.29) is 5.91 Å². The molecule has 0 N–H and O–H groups in total. The summed E-state index contributed by atoms with van der Waals surface area (Å²) in [4.78, 5) is 35.8. The number of amides is 1. The Morgan fingerprint density at radius 1 is 1.22 bits per heavy atom. The lowest BCUT2D eigenvalue weighted by Crippen LogP contribution is -2.29. The summed E-state index contributed by atoms with van der Waals surface area (Å²) in [6, 6.07) is 1.99. The van der Waals surface area contributed by atoms with E-state index < -0.39 is 0 Å². The Kier molecular flexibility index (Phi) is 4.62. The van der Waals surface area contributed by atoms with Crippen LogP contribution in [-0.2, 0) is 13.5 Å². The Labute approximate surface area is 157 Å². The van der Waals surface area contributed by atoms with Gasteiger partial charge in [0.05, 0.1) is 11.3 Å². The van der Waals surface area contributed by atoms with Crippen LogP contribution in [0, 0.1) is 12.8 Å². The molecule has 27 heavy (non-hydrogen) atoms. The summed E-state index contributed by atoms with van der Waals surface area (Å²) in [5.41, 5.74) is 3.09. The molecule has 4 heterocycles. The van der Waals surface area contributed by atoms with Crippen LogP contribution in [0.2, 0.25) is 0 Å². The molecule has 3 aromatic rings. The molecule has 1 atom stereocenters. The molecule has 0 bridgehead atoms. The van der Waals surface area contributed by atoms with E-state index in [1.54, 1.807) is 18.7 Å². The standard InChI is InChI=1S/C19H21N7O/c1-13-16(9-20-11-22-13)19(27)26-5-3-14(10-26)7-15-8-17(24-12-23-15)18-21-4-6-25(18)2/h4,6,8-9,11-12,14H,3,5,7,10H2,1-2H3. The van der Waals surface area contributed by atoms with Crippen molar-refractivity contribution in [2.45, 2.75) is 19.8 Å². The van der Waals surface area contributed by atoms with Crippen LogP contribution in [0.1, 0.15) is 28.2 Å². The van der Waals surface area contributed by atoms with Crippen molar-refractivity contribution in [1.82, 2.24) is 34.4 Å². The lowest BCUT2D eigenvalue weighted by Gasteiger charge is -2.17. The second kappa shape index (κ2) is 7.22. The van der Waals surface area contributed by atoms with Crippen LogP contribution < -0.4 is 0 Å². The zero-order valence-corrected chi connectivity index (χ0v) is 15.4. The van der Waals surface area contributed by atoms with E-state index in [9.17, 15) is 4.79 Å². The van der Waals surface area contributed by atoms with Gasteiger partial charge >= 0.3 is 0 Å². The highest BCUT2D eigenvalue weighted by Gasteiger charge is 2.28. The first-order valence-electron chi connectivity index (χ1n) is 8.96. The fourth-order valence-electron chi connectivity index (χ4n) is 3.49. The van der Waals surface area contributed by atoms with Gasteiger partial charge in [0.15, 0.2) is 5.82 Å². The molecule has 3 aromatic heterocycles. The van der Waals surface area contributed by atoms with Gasteiger partial charge in [0, 0.05) is 44.4 Å². The van der Waals surface area contributed by atoms with Gasteiger partial charge in [0.2, 0.25) is 0 Å². The van der Waals surface area contributed by atoms with Crippen molar-refractivity contribution in [3.63, 3.8) is 0 Å². The molecule has 0 saturated carbocycles. The molecule has 1 saturated heterocycles. The Bertz CT molecular complexity index is 968. The first-order valence-corrected chi connectivity index (χ1v) is 8.96. The van der Waals surface area contributed by atoms with Gasteiger partial charge in [-0.05, 0) is 31.7 Å². The van der Waals surface area contributed by atoms with E-state index in [4.69, 9.17) is 0 Å². The van der Waals surface area contributed by atoms with Crippen LogP contribution in [0.15, 0.2) is 37.3 Å². The molecule has 1 amide bonds. The van der Waals surface area contributed by atoms with Crippen molar-refractivity contribution in [3.8, 4) is 11.5 Å². The maximum atomic E-state index is 12.7. The third-order valence-corrected chi connectivity index (χ3v) is 4.99. The smallest absolute Gasteiger partial charge is 0.257 e. The molecule has 1 unspecified atom stereocenters. The lowest BCUT2D eigenvalue weighted by atomic mass is 10.0. The first kappa shape index (κ1) is 17.3. The fourth-order valence-corrected chi connectivity index (χ4v) is 3.49. The minimum absolute atomic E-state index is 0.00647. The van der Waals surface area contributed by atoms with E-state index in [0.29, 0.717) is 17.2 Å². The predicted molar refractivity (Wildman–Crippen MR) is 98.7 cm³/mol. The predicted octanol–water partition coefficient (Wildman–Crippen LogP) is 1.68. The Morgan fingerprint density at radius 3 is 2.89 bits per heavy atom. The van der Waals surface area contributed by atoms with Crippen LogP contribution in [0.4, 0.5) is 0 Å². The molecule has 8 heteroatoms. The lowest BCUT2D eigenvalue weighted by molar-refractivity contribution is 0.0785. The minimum Gasteiger partial charge on any atom is -0.338 e. The number of imidazole rings is 1. The normalized spacial score (nSPS) is 16.7. The largest absolute Gasteiger partial charge is 0.338 e. The molecular weight excluding hydrogens is 342 g/mol. The molecule has 0 aromatic carbocycles. The van der Waals surface area contributed by atoms with Crippen LogP contribution in [-0.4, -0.2) is 53.4 Å². The molecule has 4 rings (SSSR count). The number of aromatic nitrogens is 6. The number of carbonyl (C=O) groups is 1. The molecule has 0 aliphatic carbocycles. The summed E-state index contributed by atoms with van der Waals surface area (Å²) < 4.78 is 1.94. The van der Waals surface area contributed by atoms with E-state index >= 15 is 0 Å². The van der Waals surface area contributed by atoms with Crippen molar-refractivity contribution >= 4 is 5.91 Å². The highest BCUT2D eigenvalue weighted by atomic mass is 16.2. The van der Waals surface area contributed by atoms with Gasteiger partial charge in [0.1, 0.15) is 18.3 Å². The summed E-state index contributed by atoms with van der Waals surface area (Å²) >= 11 is 0. The monoisotopic (exact) mass is 363 g/mol. The number of nitrogens with zero attached hydrogens (tertiary/aromatic N) is 7. The number of carbonyl (C=O) groups excluding carboxylic acids is 1. The van der Waals surface area contributed by atoms with Crippen LogP contribution >= 0.6 is 0 Å². The third kappa shape index (κ3) is 3.55. The molecule has 1 aliphatic heterocycles. The number of hydrogen-bond donors (Lipinski definition) is 0. The number of hydrogen-bond acceptors (Lipinski definition) is 6. The van der Waals surface area contributed by atoms with Crippen LogP contribution in [0.25, 0.3) is 11.5 Å². The zero-order chi connectivity index (χ0) is 18.8. The SMILES string of the molecule is Cc1ncncc1C(=O)N1CCC(Cc2cc(-c3nccn3C)ncn2)C1. The molecule has 1 fully saturated rings. The molecule has 0 radical (unpaired) electrons. The van der Waals surface area contributed by atoms with Crippen LogP contribution in [0.5, 0.6) is 0 Å². The second-order valence-corrected chi connectivity index (χ2v) is 6.89. The Balaban J connectivity index is 1.44. The van der Waals surface area contributed by atoms with E-state index in [1.807, 2.05) is 35.7 Å². The van der Waals surface area contributed by atoms with Gasteiger partial charge in [-0.25, -0.2) is 24.9 Å². The van der Waals surface area contributed by atoms with Crippen molar-refractivity contribution in [3.05, 3.63) is 54.3 Å². The average Bonchev–Trinajstić information content (AvgIpc) is 3.31. The third-order valence-electron chi connectivity index (χ3n) is 4.99. The van der Waals surface area contributed by atoms with Crippen LogP contribution in [0.3, 0.4) is 0 Å². The van der Waals surface area contributed by atoms with E-state index in [0.717, 1.165) is 43.1 Å². The molecular formula is C19H21N7O. The van der Waals surface area contributed by atoms with Crippen molar-refractivity contribution in [1.29, 1.82) is 0 Å². The van der Waals surface area contributed by atoms with Gasteiger partial charge in [-0.3, -0.25) is 4.79 Å². The van der Waals surface area contributed by atoms with E-state index in [1.165, 1.54) is 6.33 Å². The quantitative estimate of drug-likeness (QED) is 0.701. The summed E-state index contributed by atoms with van der Waals surface area (Å²) in [7, 11) is 1.94. The van der Waals surface area contributed by atoms with Gasteiger partial charge < -0.3 is 9.47 Å². The Hall–Kier alpha value is -3.16. The second-order valence-electron chi connectivity index (χ2n) is 6.89. The number of rotatable bonds is 4. The average molecular weight is 363 g/mol. The summed E-state index contributed by atoms with van der Waals surface area (Å²) in [6.07, 6.45) is 10.1. The van der Waals surface area contributed by atoms with Gasteiger partial charge in [-0.1, -0.05) is 0 Å². The number of likely N-dealkylation sites (tertiary alicyclic amines) is 1. The summed E-state index contributed by atoms with van der Waals surface area (Å²) in [5, 5.41) is 0. The maximum Gasteiger partial charge on any atom is 0.257 e. The van der Waals surface area contributed by atoms with Gasteiger partial charge in [-0.2, -0.15) is 0 Å². The maximum absolute atomic E-state index is 12.7. The molecule has 1 aliphatic rings. The van der Waals surface area contributed by atoms with Gasteiger partial charge in [-0.15, -0.1) is 0 Å². The van der Waals surface area contributed by atoms with Crippen molar-refractivity contribution in [2.75, 3.05) is 13.1 Å².